The Morgan fingerprint density at radius 1 is 1.73 bits per heavy atom. The van der Waals surface area contributed by atoms with Crippen LogP contribution in [0.5, 0.6) is 5.75 Å². The van der Waals surface area contributed by atoms with Gasteiger partial charge >= 0.3 is 0 Å². The second kappa shape index (κ2) is 2.62. The van der Waals surface area contributed by atoms with E-state index in [4.69, 9.17) is 0 Å². The minimum atomic E-state index is -0.308. The second-order valence-electron chi connectivity index (χ2n) is 2.35. The molecule has 58 valence electrons. The van der Waals surface area contributed by atoms with E-state index in [-0.39, 0.29) is 16.9 Å². The molecule has 3 nitrogen and oxygen atoms in total. The lowest BCUT2D eigenvalue weighted by molar-refractivity contribution is 0.472. The molecule has 0 aromatic carbocycles. The van der Waals surface area contributed by atoms with Crippen LogP contribution in [0, 0.1) is 0 Å². The van der Waals surface area contributed by atoms with E-state index in [9.17, 15) is 9.90 Å². The van der Waals surface area contributed by atoms with E-state index in [2.05, 4.69) is 11.6 Å². The minimum absolute atomic E-state index is 0.0266. The first kappa shape index (κ1) is 7.60. The van der Waals surface area contributed by atoms with Gasteiger partial charge in [-0.15, -0.1) is 0 Å². The lowest BCUT2D eigenvalue weighted by atomic mass is 10.1. The average molecular weight is 151 g/mol. The van der Waals surface area contributed by atoms with Crippen molar-refractivity contribution < 1.29 is 5.11 Å². The molecular formula is C8H9NO2. The Morgan fingerprint density at radius 2 is 2.36 bits per heavy atom. The van der Waals surface area contributed by atoms with Gasteiger partial charge in [-0.05, 0) is 18.6 Å². The number of hydrogen-bond acceptors (Lipinski definition) is 2. The van der Waals surface area contributed by atoms with E-state index < -0.39 is 0 Å². The topological polar surface area (TPSA) is 53.1 Å². The van der Waals surface area contributed by atoms with Gasteiger partial charge < -0.3 is 10.1 Å². The lowest BCUT2D eigenvalue weighted by Gasteiger charge is -1.99. The first-order valence-corrected chi connectivity index (χ1v) is 3.19. The van der Waals surface area contributed by atoms with E-state index in [1.165, 1.54) is 12.3 Å². The quantitative estimate of drug-likeness (QED) is 0.631. The number of H-pyrrole nitrogens is 1. The van der Waals surface area contributed by atoms with Gasteiger partial charge in [0.05, 0.1) is 5.56 Å². The molecule has 0 atom stereocenters. The predicted octanol–water partition coefficient (Wildman–Crippen LogP) is 1.11. The second-order valence-corrected chi connectivity index (χ2v) is 2.35. The highest BCUT2D eigenvalue weighted by Gasteiger charge is 2.04. The molecule has 1 heterocycles. The van der Waals surface area contributed by atoms with Gasteiger partial charge in [-0.25, -0.2) is 0 Å². The zero-order valence-electron chi connectivity index (χ0n) is 6.22. The van der Waals surface area contributed by atoms with Crippen LogP contribution >= 0.6 is 0 Å². The van der Waals surface area contributed by atoms with Crippen molar-refractivity contribution in [3.63, 3.8) is 0 Å². The molecule has 2 N–H and O–H groups in total. The molecule has 0 radical (unpaired) electrons. The van der Waals surface area contributed by atoms with Crippen LogP contribution in [0.25, 0.3) is 5.57 Å². The van der Waals surface area contributed by atoms with Crippen molar-refractivity contribution in [3.05, 3.63) is 34.8 Å². The third-order valence-electron chi connectivity index (χ3n) is 1.37. The van der Waals surface area contributed by atoms with Gasteiger partial charge in [-0.1, -0.05) is 6.58 Å². The van der Waals surface area contributed by atoms with Crippen molar-refractivity contribution in [2.24, 2.45) is 0 Å². The minimum Gasteiger partial charge on any atom is -0.507 e. The van der Waals surface area contributed by atoms with E-state index in [0.717, 1.165) is 0 Å². The summed E-state index contributed by atoms with van der Waals surface area (Å²) in [5.41, 5.74) is 0.509. The summed E-state index contributed by atoms with van der Waals surface area (Å²) in [5.74, 6) is -0.0266. The summed E-state index contributed by atoms with van der Waals surface area (Å²) in [6, 6.07) is 1.42. The van der Waals surface area contributed by atoms with Crippen LogP contribution in [-0.4, -0.2) is 10.1 Å². The molecule has 3 heteroatoms. The van der Waals surface area contributed by atoms with Crippen LogP contribution in [0.2, 0.25) is 0 Å². The van der Waals surface area contributed by atoms with Gasteiger partial charge in [0.1, 0.15) is 5.75 Å². The van der Waals surface area contributed by atoms with Crippen LogP contribution < -0.4 is 5.56 Å². The maximum absolute atomic E-state index is 11.0. The number of rotatable bonds is 1. The number of allylic oxidation sites excluding steroid dienone is 1. The van der Waals surface area contributed by atoms with Crippen LogP contribution in [0.15, 0.2) is 23.6 Å². The van der Waals surface area contributed by atoms with Gasteiger partial charge in [0, 0.05) is 6.20 Å². The van der Waals surface area contributed by atoms with Crippen molar-refractivity contribution in [1.82, 2.24) is 4.98 Å². The summed E-state index contributed by atoms with van der Waals surface area (Å²) in [5, 5.41) is 9.18. The van der Waals surface area contributed by atoms with Crippen molar-refractivity contribution >= 4 is 5.57 Å². The molecular weight excluding hydrogens is 142 g/mol. The van der Waals surface area contributed by atoms with Crippen LogP contribution in [-0.2, 0) is 0 Å². The van der Waals surface area contributed by atoms with E-state index >= 15 is 0 Å². The molecule has 0 unspecified atom stereocenters. The Kier molecular flexibility index (Phi) is 1.81. The van der Waals surface area contributed by atoms with Crippen LogP contribution in [0.3, 0.4) is 0 Å². The molecule has 1 aromatic heterocycles. The van der Waals surface area contributed by atoms with Crippen LogP contribution in [0.1, 0.15) is 12.5 Å². The highest BCUT2D eigenvalue weighted by molar-refractivity contribution is 5.65. The van der Waals surface area contributed by atoms with Gasteiger partial charge in [0.25, 0.3) is 5.56 Å². The molecule has 0 spiro atoms. The maximum Gasteiger partial charge on any atom is 0.259 e. The first-order chi connectivity index (χ1) is 5.13. The molecule has 0 bridgehead atoms. The fourth-order valence-corrected chi connectivity index (χ4v) is 0.881. The van der Waals surface area contributed by atoms with E-state index in [1.807, 2.05) is 0 Å². The third-order valence-corrected chi connectivity index (χ3v) is 1.37. The number of hydrogen-bond donors (Lipinski definition) is 2. The summed E-state index contributed by atoms with van der Waals surface area (Å²) in [6.45, 7) is 5.24. The van der Waals surface area contributed by atoms with Gasteiger partial charge in [-0.2, -0.15) is 0 Å². The molecule has 1 aromatic rings. The Hall–Kier alpha value is -1.51. The Labute approximate surface area is 64.0 Å². The number of aromatic amines is 1. The monoisotopic (exact) mass is 151 g/mol. The smallest absolute Gasteiger partial charge is 0.259 e. The largest absolute Gasteiger partial charge is 0.507 e. The Balaban J connectivity index is 3.45. The standard InChI is InChI=1S/C8H9NO2/c1-5(2)7-6(10)3-4-9-8(7)11/h3-4H,1H2,2H3,(H2,9,10,11). The van der Waals surface area contributed by atoms with Crippen molar-refractivity contribution in [2.75, 3.05) is 0 Å². The molecule has 0 aliphatic heterocycles. The third kappa shape index (κ3) is 1.32. The summed E-state index contributed by atoms with van der Waals surface area (Å²) in [4.78, 5) is 13.5. The normalized spacial score (nSPS) is 9.55. The number of aromatic hydroxyl groups is 1. The van der Waals surface area contributed by atoms with Crippen LogP contribution in [0.4, 0.5) is 0 Å². The first-order valence-electron chi connectivity index (χ1n) is 3.19. The average Bonchev–Trinajstić information content (AvgIpc) is 1.85. The van der Waals surface area contributed by atoms with Crippen molar-refractivity contribution in [2.45, 2.75) is 6.92 Å². The molecule has 11 heavy (non-hydrogen) atoms. The van der Waals surface area contributed by atoms with Gasteiger partial charge in [0.15, 0.2) is 0 Å². The fraction of sp³-hybridized carbons (Fsp3) is 0.125. The lowest BCUT2D eigenvalue weighted by Crippen LogP contribution is -2.09. The highest BCUT2D eigenvalue weighted by Crippen LogP contribution is 2.17. The summed E-state index contributed by atoms with van der Waals surface area (Å²) >= 11 is 0. The fourth-order valence-electron chi connectivity index (χ4n) is 0.881. The SMILES string of the molecule is C=C(C)c1c(O)cc[nH]c1=O. The number of aromatic nitrogens is 1. The zero-order valence-corrected chi connectivity index (χ0v) is 6.22. The zero-order chi connectivity index (χ0) is 8.43. The summed E-state index contributed by atoms with van der Waals surface area (Å²) < 4.78 is 0. The Morgan fingerprint density at radius 3 is 2.73 bits per heavy atom. The summed E-state index contributed by atoms with van der Waals surface area (Å²) in [6.07, 6.45) is 1.39. The maximum atomic E-state index is 11.0. The molecule has 0 aliphatic carbocycles. The Bertz CT molecular complexity index is 338. The molecule has 0 aliphatic rings. The highest BCUT2D eigenvalue weighted by atomic mass is 16.3. The van der Waals surface area contributed by atoms with Crippen molar-refractivity contribution in [3.8, 4) is 5.75 Å². The van der Waals surface area contributed by atoms with Crippen molar-refractivity contribution in [1.29, 1.82) is 0 Å². The van der Waals surface area contributed by atoms with E-state index in [1.54, 1.807) is 6.92 Å². The molecule has 0 fully saturated rings. The molecule has 1 rings (SSSR count). The van der Waals surface area contributed by atoms with Gasteiger partial charge in [0.2, 0.25) is 0 Å². The molecule has 0 amide bonds. The van der Waals surface area contributed by atoms with E-state index in [0.29, 0.717) is 5.57 Å². The summed E-state index contributed by atoms with van der Waals surface area (Å²) in [7, 11) is 0. The predicted molar refractivity (Wildman–Crippen MR) is 43.4 cm³/mol. The molecule has 0 saturated carbocycles. The molecule has 0 saturated heterocycles. The number of pyridine rings is 1. The number of nitrogens with one attached hydrogen (secondary N) is 1. The van der Waals surface area contributed by atoms with Gasteiger partial charge in [-0.3, -0.25) is 4.79 Å².